The Labute approximate surface area is 480 Å². The number of nitrogens with zero attached hydrogens (tertiary/aromatic N) is 8. The van der Waals surface area contributed by atoms with Crippen LogP contribution >= 0.6 is 0 Å². The minimum atomic E-state index is -0.632. The van der Waals surface area contributed by atoms with Crippen molar-refractivity contribution in [1.29, 1.82) is 0 Å². The van der Waals surface area contributed by atoms with Gasteiger partial charge in [0.05, 0.1) is 12.1 Å². The molecule has 1 saturated heterocycles. The number of hydrogen-bond acceptors (Lipinski definition) is 11. The summed E-state index contributed by atoms with van der Waals surface area (Å²) < 4.78 is 2.22. The summed E-state index contributed by atoms with van der Waals surface area (Å²) >= 11 is 0. The fourth-order valence-corrected chi connectivity index (χ4v) is 8.65. The van der Waals surface area contributed by atoms with Gasteiger partial charge in [-0.3, -0.25) is 29.4 Å². The van der Waals surface area contributed by atoms with Gasteiger partial charge in [-0.05, 0) is 130 Å². The third-order valence-electron chi connectivity index (χ3n) is 13.1. The van der Waals surface area contributed by atoms with Crippen molar-refractivity contribution < 1.29 is 19.8 Å². The molecule has 1 saturated carbocycles. The molecule has 0 unspecified atom stereocenters. The zero-order chi connectivity index (χ0) is 59.9. The second-order valence-corrected chi connectivity index (χ2v) is 29.2. The lowest BCUT2D eigenvalue weighted by atomic mass is 9.80. The van der Waals surface area contributed by atoms with Gasteiger partial charge in [0.15, 0.2) is 0 Å². The maximum Gasteiger partial charge on any atom is 0.217 e. The number of aryl methyl sites for hydroxylation is 1. The summed E-state index contributed by atoms with van der Waals surface area (Å²) in [6.45, 7) is 51.6. The summed E-state index contributed by atoms with van der Waals surface area (Å²) in [6.07, 6.45) is 13.9. The Morgan fingerprint density at radius 2 is 1.23 bits per heavy atom. The van der Waals surface area contributed by atoms with E-state index in [9.17, 15) is 14.7 Å². The molecule has 1 aromatic carbocycles. The molecule has 4 aromatic rings. The van der Waals surface area contributed by atoms with Gasteiger partial charge in [0.1, 0.15) is 23.0 Å². The van der Waals surface area contributed by atoms with Crippen LogP contribution in [0.25, 0.3) is 10.9 Å². The number of benzene rings is 1. The van der Waals surface area contributed by atoms with Crippen LogP contribution in [0.15, 0.2) is 61.1 Å². The Balaban J connectivity index is 0.000000333. The number of carbonyl (C=O) groups excluding carboxylic acids is 2. The third kappa shape index (κ3) is 33.6. The van der Waals surface area contributed by atoms with E-state index in [0.717, 1.165) is 112 Å². The molecular formula is C66H111N9O4. The van der Waals surface area contributed by atoms with Crippen molar-refractivity contribution in [2.45, 2.75) is 214 Å². The van der Waals surface area contributed by atoms with Gasteiger partial charge in [-0.1, -0.05) is 134 Å². The Morgan fingerprint density at radius 3 is 1.71 bits per heavy atom. The van der Waals surface area contributed by atoms with Crippen LogP contribution < -0.4 is 10.6 Å². The Hall–Kier alpha value is -4.74. The van der Waals surface area contributed by atoms with Crippen molar-refractivity contribution in [3.05, 3.63) is 78.3 Å². The predicted molar refractivity (Wildman–Crippen MR) is 331 cm³/mol. The molecule has 2 aliphatic heterocycles. The van der Waals surface area contributed by atoms with E-state index in [-0.39, 0.29) is 22.2 Å². The van der Waals surface area contributed by atoms with Crippen LogP contribution in [0.5, 0.6) is 0 Å². The number of ketones is 1. The quantitative estimate of drug-likeness (QED) is 0.122. The number of aromatic nitrogens is 5. The third-order valence-corrected chi connectivity index (χ3v) is 13.1. The highest BCUT2D eigenvalue weighted by atomic mass is 16.3. The van der Waals surface area contributed by atoms with E-state index in [1.807, 2.05) is 49.6 Å². The Kier molecular flexibility index (Phi) is 28.5. The number of piperazine rings is 1. The standard InChI is InChI=1S/C17H21NO.C14H23N3.C11H20N4.C10H16O.C7H15NO.C7H16O/c1-17(2,3)9-8-15(19)11-13-6-7-14-5-4-10-18-16(14)12-13;1-14(2,3)12-16-8-10-17(11-9-16)13-4-6-15-7-5-13;1-9-12-13-10-7-14(5-6-15(9)10)8-11(2,3)4;1-9(2,3)7-8-10(11)5-4-6-10;1-7(2,3)5-4-6(8)9;1-7(2,3)5-4-6-8/h4-7,10,12H,8-9,11H2,1-3H3;4-7H,8-12H2,1-3H3;5-8H2,1-4H3;11H,4-6H2,1-3H3;4-5H2,1-3H3,(H2,8,9);8H,4-6H2,1-3H3. The van der Waals surface area contributed by atoms with Crippen LogP contribution in [0.4, 0.5) is 5.69 Å². The van der Waals surface area contributed by atoms with E-state index >= 15 is 0 Å². The minimum absolute atomic E-state index is 0.0192. The molecule has 0 bridgehead atoms. The van der Waals surface area contributed by atoms with E-state index < -0.39 is 5.60 Å². The molecule has 0 spiro atoms. The molecule has 0 atom stereocenters. The first kappa shape index (κ1) is 70.4. The topological polar surface area (TPSA) is 167 Å². The highest BCUT2D eigenvalue weighted by molar-refractivity contribution is 5.84. The number of nitrogens with two attached hydrogens (primary N) is 1. The van der Waals surface area contributed by atoms with Gasteiger partial charge >= 0.3 is 0 Å². The molecule has 2 fully saturated rings. The molecule has 444 valence electrons. The first-order chi connectivity index (χ1) is 36.3. The molecule has 1 aliphatic carbocycles. The van der Waals surface area contributed by atoms with E-state index in [0.29, 0.717) is 47.9 Å². The molecule has 13 nitrogen and oxygen atoms in total. The predicted octanol–water partition coefficient (Wildman–Crippen LogP) is 12.9. The maximum atomic E-state index is 12.0. The molecule has 3 aliphatic rings. The van der Waals surface area contributed by atoms with Crippen molar-refractivity contribution in [3.63, 3.8) is 0 Å². The fraction of sp³-hybridized carbons (Fsp3) is 0.697. The second-order valence-electron chi connectivity index (χ2n) is 29.2. The van der Waals surface area contributed by atoms with Gasteiger partial charge in [-0.2, -0.15) is 0 Å². The number of fused-ring (bicyclic) bond motifs is 2. The number of Topliss-reactive ketones (excluding diaryl/α,β-unsaturated/α-hetero) is 1. The summed E-state index contributed by atoms with van der Waals surface area (Å²) in [5.41, 5.74) is 9.28. The summed E-state index contributed by atoms with van der Waals surface area (Å²) in [4.78, 5) is 38.1. The SMILES string of the molecule is CC(C)(C)C#CC1(O)CCC1.CC(C)(C)CCC(=O)Cc1ccc2cccnc2c1.CC(C)(C)CCC(N)=O.CC(C)(C)CCCO.CC(C)(C)CN1CCN(c2ccncc2)CC1.Cc1nnc2n1CCN(CC(C)(C)C)C2. The van der Waals surface area contributed by atoms with Gasteiger partial charge in [0.2, 0.25) is 5.91 Å². The average Bonchev–Trinajstić information content (AvgIpc) is 3.69. The van der Waals surface area contributed by atoms with Gasteiger partial charge in [-0.15, -0.1) is 10.2 Å². The minimum Gasteiger partial charge on any atom is -0.396 e. The lowest BCUT2D eigenvalue weighted by Gasteiger charge is -2.38. The van der Waals surface area contributed by atoms with Crippen molar-refractivity contribution in [2.24, 2.45) is 38.2 Å². The number of carbonyl (C=O) groups is 2. The first-order valence-corrected chi connectivity index (χ1v) is 29.3. The molecule has 79 heavy (non-hydrogen) atoms. The molecule has 7 rings (SSSR count). The number of amides is 1. The number of hydrogen-bond donors (Lipinski definition) is 3. The van der Waals surface area contributed by atoms with Crippen LogP contribution in [0.3, 0.4) is 0 Å². The van der Waals surface area contributed by atoms with Gasteiger partial charge < -0.3 is 25.4 Å². The smallest absolute Gasteiger partial charge is 0.217 e. The number of pyridine rings is 2. The summed E-state index contributed by atoms with van der Waals surface area (Å²) in [7, 11) is 0. The van der Waals surface area contributed by atoms with Crippen molar-refractivity contribution in [3.8, 4) is 11.8 Å². The molecule has 1 amide bonds. The highest BCUT2D eigenvalue weighted by Crippen LogP contribution is 2.31. The first-order valence-electron chi connectivity index (χ1n) is 29.3. The zero-order valence-electron chi connectivity index (χ0n) is 53.3. The van der Waals surface area contributed by atoms with E-state index in [2.05, 4.69) is 188 Å². The monoisotopic (exact) mass is 1090 g/mol. The average molecular weight is 1090 g/mol. The number of rotatable bonds is 11. The second kappa shape index (κ2) is 32.0. The van der Waals surface area contributed by atoms with E-state index in [1.165, 1.54) is 25.3 Å². The summed E-state index contributed by atoms with van der Waals surface area (Å²) in [5, 5.41) is 27.5. The normalized spacial score (nSPS) is 15.7. The van der Waals surface area contributed by atoms with Crippen LogP contribution in [-0.2, 0) is 29.1 Å². The van der Waals surface area contributed by atoms with Gasteiger partial charge in [0.25, 0.3) is 0 Å². The van der Waals surface area contributed by atoms with E-state index in [4.69, 9.17) is 10.8 Å². The zero-order valence-corrected chi connectivity index (χ0v) is 53.3. The number of aliphatic hydroxyl groups is 2. The lowest BCUT2D eigenvalue weighted by Crippen LogP contribution is -2.48. The molecular weight excluding hydrogens is 983 g/mol. The molecule has 3 aromatic heterocycles. The van der Waals surface area contributed by atoms with Crippen LogP contribution in [0, 0.1) is 51.3 Å². The summed E-state index contributed by atoms with van der Waals surface area (Å²) in [6, 6.07) is 14.2. The van der Waals surface area contributed by atoms with Crippen molar-refractivity contribution in [2.75, 3.05) is 57.3 Å². The molecule has 5 heterocycles. The Morgan fingerprint density at radius 1 is 0.671 bits per heavy atom. The van der Waals surface area contributed by atoms with Crippen molar-refractivity contribution in [1.82, 2.24) is 34.5 Å². The summed E-state index contributed by atoms with van der Waals surface area (Å²) in [5.74, 6) is 8.27. The highest BCUT2D eigenvalue weighted by Gasteiger charge is 2.32. The van der Waals surface area contributed by atoms with Crippen LogP contribution in [0.1, 0.15) is 200 Å². The fourth-order valence-electron chi connectivity index (χ4n) is 8.65. The van der Waals surface area contributed by atoms with Gasteiger partial charge in [-0.25, -0.2) is 0 Å². The van der Waals surface area contributed by atoms with Crippen LogP contribution in [-0.4, -0.2) is 114 Å². The molecule has 4 N–H and O–H groups in total. The van der Waals surface area contributed by atoms with Crippen molar-refractivity contribution >= 4 is 28.3 Å². The van der Waals surface area contributed by atoms with Gasteiger partial charge in [0, 0.05) is 113 Å². The molecule has 13 heteroatoms. The lowest BCUT2D eigenvalue weighted by molar-refractivity contribution is -0.119. The number of anilines is 1. The van der Waals surface area contributed by atoms with E-state index in [1.54, 1.807) is 6.20 Å². The van der Waals surface area contributed by atoms with Crippen LogP contribution in [0.2, 0.25) is 0 Å². The number of primary amides is 1. The maximum absolute atomic E-state index is 12.0. The molecule has 0 radical (unpaired) electrons. The largest absolute Gasteiger partial charge is 0.396 e. The Bertz CT molecular complexity index is 2440. The number of aliphatic hydroxyl groups excluding tert-OH is 1.